The minimum atomic E-state index is -1.57. The first-order valence-corrected chi connectivity index (χ1v) is 17.4. The molecule has 9 nitrogen and oxygen atoms in total. The van der Waals surface area contributed by atoms with Crippen molar-refractivity contribution in [3.8, 4) is 11.5 Å². The fourth-order valence-electron chi connectivity index (χ4n) is 6.04. The molecule has 1 aliphatic rings. The predicted molar refractivity (Wildman–Crippen MR) is 196 cm³/mol. The normalized spacial score (nSPS) is 16.9. The number of ether oxygens (including phenoxy) is 5. The van der Waals surface area contributed by atoms with Crippen LogP contribution in [0.2, 0.25) is 0 Å². The van der Waals surface area contributed by atoms with Crippen molar-refractivity contribution in [3.63, 3.8) is 0 Å². The van der Waals surface area contributed by atoms with Gasteiger partial charge in [0, 0.05) is 18.3 Å². The maximum Gasteiger partial charge on any atom is 0.418 e. The van der Waals surface area contributed by atoms with E-state index in [2.05, 4.69) is 0 Å². The van der Waals surface area contributed by atoms with Crippen LogP contribution in [0.3, 0.4) is 0 Å². The molecule has 1 fully saturated rings. The molecule has 0 aromatic heterocycles. The second-order valence-corrected chi connectivity index (χ2v) is 13.4. The van der Waals surface area contributed by atoms with Crippen LogP contribution in [0.5, 0.6) is 11.5 Å². The maximum absolute atomic E-state index is 13.3. The van der Waals surface area contributed by atoms with Crippen molar-refractivity contribution in [1.82, 2.24) is 0 Å². The molecule has 0 amide bonds. The SMILES string of the molecule is CC1(C)C(Cc2ccc(OCc3ccccc3)cc2)OC(=O)C(=O)C1OC(=O)C(=O)OC(Cc1ccc(OCc2ccccc2)cc1)c1ccccc1. The Morgan fingerprint density at radius 2 is 1.11 bits per heavy atom. The van der Waals surface area contributed by atoms with E-state index in [4.69, 9.17) is 23.7 Å². The Kier molecular flexibility index (Phi) is 11.6. The largest absolute Gasteiger partial charge is 0.489 e. The monoisotopic (exact) mass is 712 g/mol. The van der Waals surface area contributed by atoms with Crippen molar-refractivity contribution in [2.45, 2.75) is 58.2 Å². The maximum atomic E-state index is 13.3. The molecule has 3 unspecified atom stereocenters. The third-order valence-corrected chi connectivity index (χ3v) is 9.19. The summed E-state index contributed by atoms with van der Waals surface area (Å²) in [7, 11) is 0. The third kappa shape index (κ3) is 9.56. The van der Waals surface area contributed by atoms with Crippen LogP contribution >= 0.6 is 0 Å². The number of carbonyl (C=O) groups excluding carboxylic acids is 4. The summed E-state index contributed by atoms with van der Waals surface area (Å²) in [5.74, 6) is -3.51. The van der Waals surface area contributed by atoms with Gasteiger partial charge in [0.05, 0.1) is 0 Å². The number of Topliss-reactive ketones (excluding diaryl/α,β-unsaturated/α-hetero) is 1. The Labute approximate surface area is 308 Å². The molecule has 0 spiro atoms. The molecule has 53 heavy (non-hydrogen) atoms. The first kappa shape index (κ1) is 36.6. The summed E-state index contributed by atoms with van der Waals surface area (Å²) in [6.07, 6.45) is -2.77. The van der Waals surface area contributed by atoms with Crippen LogP contribution in [0.4, 0.5) is 0 Å². The molecule has 3 atom stereocenters. The number of carbonyl (C=O) groups is 4. The van der Waals surface area contributed by atoms with Gasteiger partial charge in [-0.25, -0.2) is 14.4 Å². The minimum absolute atomic E-state index is 0.232. The van der Waals surface area contributed by atoms with Crippen molar-refractivity contribution < 1.29 is 42.9 Å². The second-order valence-electron chi connectivity index (χ2n) is 13.4. The lowest BCUT2D eigenvalue weighted by atomic mass is 9.74. The topological polar surface area (TPSA) is 114 Å². The van der Waals surface area contributed by atoms with Gasteiger partial charge in [0.15, 0.2) is 6.10 Å². The lowest BCUT2D eigenvalue weighted by Crippen LogP contribution is -2.57. The first-order valence-electron chi connectivity index (χ1n) is 17.4. The Morgan fingerprint density at radius 1 is 0.623 bits per heavy atom. The van der Waals surface area contributed by atoms with Gasteiger partial charge in [-0.1, -0.05) is 129 Å². The molecule has 1 saturated heterocycles. The summed E-state index contributed by atoms with van der Waals surface area (Å²) in [6, 6.07) is 43.3. The third-order valence-electron chi connectivity index (χ3n) is 9.19. The Balaban J connectivity index is 1.08. The highest BCUT2D eigenvalue weighted by molar-refractivity contribution is 6.37. The van der Waals surface area contributed by atoms with Gasteiger partial charge in [0.1, 0.15) is 36.9 Å². The van der Waals surface area contributed by atoms with Gasteiger partial charge in [-0.05, 0) is 52.1 Å². The fraction of sp³-hybridized carbons (Fsp3) is 0.227. The number of hydrogen-bond donors (Lipinski definition) is 0. The van der Waals surface area contributed by atoms with E-state index >= 15 is 0 Å². The number of rotatable bonds is 13. The van der Waals surface area contributed by atoms with Crippen LogP contribution < -0.4 is 9.47 Å². The fourth-order valence-corrected chi connectivity index (χ4v) is 6.04. The standard InChI is InChI=1S/C44H40O9/c1-44(2)38(27-31-20-24-36(25-21-31)50-29-33-14-8-4-9-15-33)52-41(46)39(45)40(44)53-43(48)42(47)51-37(34-16-10-5-11-17-34)26-30-18-22-35(23-19-30)49-28-32-12-6-3-7-13-32/h3-25,37-38,40H,26-29H2,1-2H3. The Bertz CT molecular complexity index is 1990. The summed E-state index contributed by atoms with van der Waals surface area (Å²) < 4.78 is 28.5. The van der Waals surface area contributed by atoms with E-state index in [1.807, 2.05) is 115 Å². The average molecular weight is 713 g/mol. The quantitative estimate of drug-likeness (QED) is 0.0703. The minimum Gasteiger partial charge on any atom is -0.489 e. The van der Waals surface area contributed by atoms with Gasteiger partial charge >= 0.3 is 17.9 Å². The molecule has 9 heteroatoms. The van der Waals surface area contributed by atoms with Crippen molar-refractivity contribution in [2.75, 3.05) is 0 Å². The van der Waals surface area contributed by atoms with Crippen LogP contribution in [0, 0.1) is 5.41 Å². The van der Waals surface area contributed by atoms with Crippen LogP contribution in [0.25, 0.3) is 0 Å². The lowest BCUT2D eigenvalue weighted by Gasteiger charge is -2.41. The Hall–Kier alpha value is -6.22. The number of benzene rings is 5. The Morgan fingerprint density at radius 3 is 1.64 bits per heavy atom. The molecule has 5 aromatic carbocycles. The highest BCUT2D eigenvalue weighted by atomic mass is 16.6. The lowest BCUT2D eigenvalue weighted by molar-refractivity contribution is -0.198. The molecular weight excluding hydrogens is 672 g/mol. The van der Waals surface area contributed by atoms with E-state index in [0.29, 0.717) is 30.3 Å². The van der Waals surface area contributed by atoms with Crippen molar-refractivity contribution in [2.24, 2.45) is 5.41 Å². The molecule has 5 aromatic rings. The summed E-state index contributed by atoms with van der Waals surface area (Å²) in [5, 5.41) is 0. The van der Waals surface area contributed by atoms with E-state index in [1.54, 1.807) is 38.1 Å². The van der Waals surface area contributed by atoms with Crippen LogP contribution in [0.1, 0.15) is 47.8 Å². The van der Waals surface area contributed by atoms with Crippen LogP contribution in [-0.4, -0.2) is 35.9 Å². The highest BCUT2D eigenvalue weighted by Crippen LogP contribution is 2.37. The van der Waals surface area contributed by atoms with E-state index in [1.165, 1.54) is 0 Å². The smallest absolute Gasteiger partial charge is 0.418 e. The molecule has 1 aliphatic heterocycles. The molecule has 1 heterocycles. The molecule has 270 valence electrons. The van der Waals surface area contributed by atoms with E-state index in [9.17, 15) is 19.2 Å². The summed E-state index contributed by atoms with van der Waals surface area (Å²) in [6.45, 7) is 4.14. The number of cyclic esters (lactones) is 1. The van der Waals surface area contributed by atoms with E-state index in [0.717, 1.165) is 22.3 Å². The van der Waals surface area contributed by atoms with Gasteiger partial charge < -0.3 is 23.7 Å². The molecule has 6 rings (SSSR count). The van der Waals surface area contributed by atoms with E-state index < -0.39 is 47.4 Å². The molecule has 0 saturated carbocycles. The van der Waals surface area contributed by atoms with Gasteiger partial charge in [-0.3, -0.25) is 4.79 Å². The van der Waals surface area contributed by atoms with Crippen LogP contribution in [-0.2, 0) is 59.4 Å². The van der Waals surface area contributed by atoms with Crippen molar-refractivity contribution >= 4 is 23.7 Å². The number of hydrogen-bond acceptors (Lipinski definition) is 9. The zero-order valence-corrected chi connectivity index (χ0v) is 29.5. The molecule has 0 aliphatic carbocycles. The van der Waals surface area contributed by atoms with Gasteiger partial charge in [0.25, 0.3) is 5.78 Å². The molecule has 0 bridgehead atoms. The summed E-state index contributed by atoms with van der Waals surface area (Å²) in [5.41, 5.74) is 3.20. The summed E-state index contributed by atoms with van der Waals surface area (Å²) >= 11 is 0. The first-order chi connectivity index (χ1) is 25.7. The van der Waals surface area contributed by atoms with Gasteiger partial charge in [-0.2, -0.15) is 0 Å². The summed E-state index contributed by atoms with van der Waals surface area (Å²) in [4.78, 5) is 52.2. The second kappa shape index (κ2) is 16.9. The molecular formula is C44H40O9. The predicted octanol–water partition coefficient (Wildman–Crippen LogP) is 7.35. The van der Waals surface area contributed by atoms with Crippen molar-refractivity contribution in [3.05, 3.63) is 167 Å². The zero-order chi connectivity index (χ0) is 37.2. The van der Waals surface area contributed by atoms with Gasteiger partial charge in [0.2, 0.25) is 0 Å². The average Bonchev–Trinajstić information content (AvgIpc) is 3.19. The number of esters is 3. The van der Waals surface area contributed by atoms with Gasteiger partial charge in [-0.15, -0.1) is 0 Å². The zero-order valence-electron chi connectivity index (χ0n) is 29.5. The van der Waals surface area contributed by atoms with Crippen molar-refractivity contribution in [1.29, 1.82) is 0 Å². The van der Waals surface area contributed by atoms with E-state index in [-0.39, 0.29) is 12.8 Å². The van der Waals surface area contributed by atoms with Crippen LogP contribution in [0.15, 0.2) is 140 Å². The number of ketones is 1. The molecule has 0 radical (unpaired) electrons. The molecule has 0 N–H and O–H groups in total. The highest BCUT2D eigenvalue weighted by Gasteiger charge is 2.53.